The van der Waals surface area contributed by atoms with E-state index in [1.807, 2.05) is 0 Å². The summed E-state index contributed by atoms with van der Waals surface area (Å²) in [6.45, 7) is 2.63. The van der Waals surface area contributed by atoms with E-state index >= 15 is 0 Å². The molecule has 0 aromatic heterocycles. The minimum atomic E-state index is -0.615. The Morgan fingerprint density at radius 3 is 3.00 bits per heavy atom. The van der Waals surface area contributed by atoms with E-state index in [1.54, 1.807) is 24.0 Å². The van der Waals surface area contributed by atoms with Crippen LogP contribution in [0.3, 0.4) is 0 Å². The monoisotopic (exact) mass is 279 g/mol. The molecule has 7 heteroatoms. The Balaban J connectivity index is 2.19. The first-order chi connectivity index (χ1) is 9.54. The highest BCUT2D eigenvalue weighted by Gasteiger charge is 2.28. The van der Waals surface area contributed by atoms with Gasteiger partial charge in [-0.05, 0) is 19.1 Å². The first-order valence-electron chi connectivity index (χ1n) is 6.21. The van der Waals surface area contributed by atoms with E-state index < -0.39 is 6.10 Å². The van der Waals surface area contributed by atoms with Gasteiger partial charge >= 0.3 is 0 Å². The second-order valence-electron chi connectivity index (χ2n) is 4.59. The van der Waals surface area contributed by atoms with Crippen molar-refractivity contribution < 1.29 is 19.8 Å². The van der Waals surface area contributed by atoms with Gasteiger partial charge in [0.1, 0.15) is 11.9 Å². The van der Waals surface area contributed by atoms with Gasteiger partial charge in [0.2, 0.25) is 0 Å². The Morgan fingerprint density at radius 1 is 1.55 bits per heavy atom. The molecule has 1 unspecified atom stereocenters. The van der Waals surface area contributed by atoms with Crippen LogP contribution in [0.2, 0.25) is 0 Å². The summed E-state index contributed by atoms with van der Waals surface area (Å²) in [5.74, 6) is -0.190. The number of hydrogen-bond donors (Lipinski definition) is 3. The summed E-state index contributed by atoms with van der Waals surface area (Å²) in [5, 5.41) is 21.2. The highest BCUT2D eigenvalue weighted by Crippen LogP contribution is 2.21. The average Bonchev–Trinajstić information content (AvgIpc) is 2.48. The van der Waals surface area contributed by atoms with Gasteiger partial charge in [-0.15, -0.1) is 0 Å². The van der Waals surface area contributed by atoms with Crippen molar-refractivity contribution in [3.05, 3.63) is 29.3 Å². The Labute approximate surface area is 116 Å². The molecule has 0 spiro atoms. The summed E-state index contributed by atoms with van der Waals surface area (Å²) in [4.78, 5) is 14.0. The van der Waals surface area contributed by atoms with E-state index in [-0.39, 0.29) is 24.0 Å². The van der Waals surface area contributed by atoms with E-state index in [9.17, 15) is 9.90 Å². The van der Waals surface area contributed by atoms with Gasteiger partial charge < -0.3 is 25.7 Å². The molecule has 1 heterocycles. The molecule has 1 saturated heterocycles. The van der Waals surface area contributed by atoms with Crippen LogP contribution in [0.5, 0.6) is 5.75 Å². The lowest BCUT2D eigenvalue weighted by Crippen LogP contribution is -2.50. The van der Waals surface area contributed by atoms with Crippen LogP contribution >= 0.6 is 0 Å². The van der Waals surface area contributed by atoms with Gasteiger partial charge in [0.05, 0.1) is 13.2 Å². The highest BCUT2D eigenvalue weighted by atomic mass is 16.5. The zero-order valence-electron chi connectivity index (χ0n) is 11.1. The standard InChI is InChI=1S/C13H17N3O4/c1-8-9(3-2-4-10(8)17)13(18)16-5-6-20-11(7-16)12(14)15-19/h2-4,11,17,19H,5-7H2,1H3,(H2,14,15). The number of nitrogens with zero attached hydrogens (tertiary/aromatic N) is 2. The van der Waals surface area contributed by atoms with E-state index in [2.05, 4.69) is 5.16 Å². The zero-order valence-corrected chi connectivity index (χ0v) is 11.1. The molecule has 1 atom stereocenters. The number of ether oxygens (including phenoxy) is 1. The molecule has 20 heavy (non-hydrogen) atoms. The summed E-state index contributed by atoms with van der Waals surface area (Å²) in [5.41, 5.74) is 6.47. The topological polar surface area (TPSA) is 108 Å². The SMILES string of the molecule is Cc1c(O)cccc1C(=O)N1CCOC(/C(N)=N/O)C1. The molecule has 1 aromatic rings. The van der Waals surface area contributed by atoms with Crippen LogP contribution < -0.4 is 5.73 Å². The molecule has 0 saturated carbocycles. The lowest BCUT2D eigenvalue weighted by Gasteiger charge is -2.32. The summed E-state index contributed by atoms with van der Waals surface area (Å²) < 4.78 is 5.34. The number of carbonyl (C=O) groups excluding carboxylic acids is 1. The largest absolute Gasteiger partial charge is 0.508 e. The van der Waals surface area contributed by atoms with Gasteiger partial charge in [-0.1, -0.05) is 11.2 Å². The molecule has 1 aromatic carbocycles. The fraction of sp³-hybridized carbons (Fsp3) is 0.385. The lowest BCUT2D eigenvalue weighted by molar-refractivity contribution is 0.00670. The van der Waals surface area contributed by atoms with Crippen LogP contribution in [0.15, 0.2) is 23.4 Å². The van der Waals surface area contributed by atoms with Crippen molar-refractivity contribution in [3.8, 4) is 5.75 Å². The van der Waals surface area contributed by atoms with Crippen molar-refractivity contribution in [1.29, 1.82) is 0 Å². The Kier molecular flexibility index (Phi) is 4.09. The number of phenolic OH excluding ortho intramolecular Hbond substituents is 1. The number of rotatable bonds is 2. The third-order valence-corrected chi connectivity index (χ3v) is 3.33. The van der Waals surface area contributed by atoms with Gasteiger partial charge in [-0.3, -0.25) is 4.79 Å². The maximum Gasteiger partial charge on any atom is 0.254 e. The minimum Gasteiger partial charge on any atom is -0.508 e. The van der Waals surface area contributed by atoms with Crippen LogP contribution in [0, 0.1) is 6.92 Å². The maximum atomic E-state index is 12.4. The van der Waals surface area contributed by atoms with E-state index in [0.717, 1.165) is 0 Å². The quantitative estimate of drug-likeness (QED) is 0.312. The number of amides is 1. The number of amidine groups is 1. The Morgan fingerprint density at radius 2 is 2.30 bits per heavy atom. The predicted octanol–water partition coefficient (Wildman–Crippen LogP) is 0.288. The fourth-order valence-electron chi connectivity index (χ4n) is 2.10. The predicted molar refractivity (Wildman–Crippen MR) is 71.9 cm³/mol. The minimum absolute atomic E-state index is 0.0601. The Bertz CT molecular complexity index is 544. The first-order valence-corrected chi connectivity index (χ1v) is 6.21. The molecular weight excluding hydrogens is 262 g/mol. The second-order valence-corrected chi connectivity index (χ2v) is 4.59. The number of phenols is 1. The van der Waals surface area contributed by atoms with Crippen molar-refractivity contribution in [2.24, 2.45) is 10.9 Å². The molecule has 1 fully saturated rings. The van der Waals surface area contributed by atoms with Crippen molar-refractivity contribution in [2.45, 2.75) is 13.0 Å². The lowest BCUT2D eigenvalue weighted by atomic mass is 10.1. The molecule has 1 aliphatic rings. The summed E-state index contributed by atoms with van der Waals surface area (Å²) >= 11 is 0. The number of aromatic hydroxyl groups is 1. The molecule has 108 valence electrons. The molecule has 0 radical (unpaired) electrons. The van der Waals surface area contributed by atoms with Gasteiger partial charge in [0.15, 0.2) is 5.84 Å². The molecule has 2 rings (SSSR count). The number of nitrogens with two attached hydrogens (primary N) is 1. The first kappa shape index (κ1) is 14.1. The van der Waals surface area contributed by atoms with Crippen molar-refractivity contribution in [3.63, 3.8) is 0 Å². The fourth-order valence-corrected chi connectivity index (χ4v) is 2.10. The number of benzene rings is 1. The molecule has 1 aliphatic heterocycles. The molecule has 0 aliphatic carbocycles. The number of morpholine rings is 1. The Hall–Kier alpha value is -2.28. The van der Waals surface area contributed by atoms with Crippen LogP contribution in [-0.2, 0) is 4.74 Å². The zero-order chi connectivity index (χ0) is 14.7. The van der Waals surface area contributed by atoms with Crippen LogP contribution in [0.25, 0.3) is 0 Å². The molecule has 0 bridgehead atoms. The smallest absolute Gasteiger partial charge is 0.254 e. The molecular formula is C13H17N3O4. The molecule has 4 N–H and O–H groups in total. The van der Waals surface area contributed by atoms with E-state index in [4.69, 9.17) is 15.7 Å². The van der Waals surface area contributed by atoms with Crippen molar-refractivity contribution >= 4 is 11.7 Å². The van der Waals surface area contributed by atoms with Crippen LogP contribution in [-0.4, -0.2) is 52.8 Å². The number of oxime groups is 1. The summed E-state index contributed by atoms with van der Waals surface area (Å²) in [6.07, 6.45) is -0.615. The highest BCUT2D eigenvalue weighted by molar-refractivity contribution is 5.97. The number of carbonyl (C=O) groups is 1. The van der Waals surface area contributed by atoms with Gasteiger partial charge in [-0.2, -0.15) is 0 Å². The molecule has 7 nitrogen and oxygen atoms in total. The van der Waals surface area contributed by atoms with E-state index in [0.29, 0.717) is 24.3 Å². The maximum absolute atomic E-state index is 12.4. The molecule has 1 amide bonds. The van der Waals surface area contributed by atoms with Gasteiger partial charge in [0, 0.05) is 17.7 Å². The summed E-state index contributed by atoms with van der Waals surface area (Å²) in [7, 11) is 0. The van der Waals surface area contributed by atoms with Crippen LogP contribution in [0.1, 0.15) is 15.9 Å². The van der Waals surface area contributed by atoms with Gasteiger partial charge in [-0.25, -0.2) is 0 Å². The third-order valence-electron chi connectivity index (χ3n) is 3.33. The van der Waals surface area contributed by atoms with Crippen LogP contribution in [0.4, 0.5) is 0 Å². The average molecular weight is 279 g/mol. The number of hydrogen-bond acceptors (Lipinski definition) is 5. The van der Waals surface area contributed by atoms with Gasteiger partial charge in [0.25, 0.3) is 5.91 Å². The third kappa shape index (κ3) is 2.67. The summed E-state index contributed by atoms with van der Waals surface area (Å²) in [6, 6.07) is 4.81. The van der Waals surface area contributed by atoms with Crippen molar-refractivity contribution in [1.82, 2.24) is 4.90 Å². The van der Waals surface area contributed by atoms with Crippen molar-refractivity contribution in [2.75, 3.05) is 19.7 Å². The normalized spacial score (nSPS) is 19.9. The second kappa shape index (κ2) is 5.79. The van der Waals surface area contributed by atoms with E-state index in [1.165, 1.54) is 6.07 Å².